The van der Waals surface area contributed by atoms with Crippen molar-refractivity contribution in [2.24, 2.45) is 0 Å². The van der Waals surface area contributed by atoms with Crippen molar-refractivity contribution in [1.82, 2.24) is 4.98 Å². The molecule has 0 bridgehead atoms. The summed E-state index contributed by atoms with van der Waals surface area (Å²) in [5, 5.41) is 3.04. The molecule has 0 aliphatic heterocycles. The van der Waals surface area contributed by atoms with E-state index in [4.69, 9.17) is 16.3 Å². The molecule has 3 rings (SSSR count). The van der Waals surface area contributed by atoms with Gasteiger partial charge in [-0.05, 0) is 36.8 Å². The maximum Gasteiger partial charge on any atom is 0.416 e. The molecule has 0 atom stereocenters. The van der Waals surface area contributed by atoms with E-state index < -0.39 is 29.1 Å². The van der Waals surface area contributed by atoms with E-state index in [0.29, 0.717) is 16.7 Å². The van der Waals surface area contributed by atoms with Crippen LogP contribution in [0.15, 0.2) is 36.5 Å². The average Bonchev–Trinajstić information content (AvgIpc) is 3.02. The van der Waals surface area contributed by atoms with Crippen molar-refractivity contribution < 1.29 is 26.7 Å². The van der Waals surface area contributed by atoms with Gasteiger partial charge >= 0.3 is 6.18 Å². The van der Waals surface area contributed by atoms with E-state index in [1.807, 2.05) is 0 Å². The molecule has 0 saturated heterocycles. The molecule has 0 saturated carbocycles. The van der Waals surface area contributed by atoms with Crippen LogP contribution in [0.4, 0.5) is 27.6 Å². The molecule has 28 heavy (non-hydrogen) atoms. The average molecular weight is 435 g/mol. The molecule has 10 heteroatoms. The van der Waals surface area contributed by atoms with Crippen molar-refractivity contribution in [2.75, 3.05) is 5.32 Å². The van der Waals surface area contributed by atoms with Crippen LogP contribution in [0.1, 0.15) is 16.0 Å². The molecule has 148 valence electrons. The van der Waals surface area contributed by atoms with Crippen molar-refractivity contribution >= 4 is 28.6 Å². The van der Waals surface area contributed by atoms with Gasteiger partial charge in [-0.1, -0.05) is 17.7 Å². The number of hydrogen-bond acceptors (Lipinski definition) is 4. The van der Waals surface area contributed by atoms with Gasteiger partial charge in [-0.2, -0.15) is 13.2 Å². The summed E-state index contributed by atoms with van der Waals surface area (Å²) in [7, 11) is 0. The molecule has 0 spiro atoms. The molecule has 1 heterocycles. The van der Waals surface area contributed by atoms with Crippen LogP contribution in [-0.4, -0.2) is 4.98 Å². The Bertz CT molecular complexity index is 983. The number of thiazole rings is 1. The van der Waals surface area contributed by atoms with Gasteiger partial charge in [-0.25, -0.2) is 13.8 Å². The molecule has 0 unspecified atom stereocenters. The lowest BCUT2D eigenvalue weighted by Crippen LogP contribution is -2.07. The third kappa shape index (κ3) is 4.71. The fourth-order valence-corrected chi connectivity index (χ4v) is 3.27. The van der Waals surface area contributed by atoms with E-state index in [9.17, 15) is 22.0 Å². The van der Waals surface area contributed by atoms with Crippen molar-refractivity contribution in [2.45, 2.75) is 19.6 Å². The summed E-state index contributed by atoms with van der Waals surface area (Å²) in [4.78, 5) is 4.72. The van der Waals surface area contributed by atoms with Crippen molar-refractivity contribution in [3.05, 3.63) is 68.6 Å². The summed E-state index contributed by atoms with van der Waals surface area (Å²) in [6.45, 7) is 2.12. The van der Waals surface area contributed by atoms with Crippen LogP contribution >= 0.6 is 22.9 Å². The van der Waals surface area contributed by atoms with Crippen LogP contribution < -0.4 is 10.1 Å². The standard InChI is InChI=1S/C18H12ClF5N2OS/c1-9-2-3-15(14(4-9)25-7-11-8-26-17(19)28-11)27-16-12(20)5-10(6-13(16)21)18(22,23)24/h2-6,8,25H,7H2,1H3. The molecule has 0 amide bonds. The number of nitrogens with zero attached hydrogens (tertiary/aromatic N) is 1. The van der Waals surface area contributed by atoms with E-state index in [2.05, 4.69) is 10.3 Å². The first kappa shape index (κ1) is 20.3. The summed E-state index contributed by atoms with van der Waals surface area (Å²) in [5.74, 6) is -3.76. The zero-order valence-electron chi connectivity index (χ0n) is 14.2. The molecule has 2 aromatic carbocycles. The van der Waals surface area contributed by atoms with Crippen LogP contribution in [0.2, 0.25) is 4.47 Å². The summed E-state index contributed by atoms with van der Waals surface area (Å²) in [5.41, 5.74) is -0.187. The van der Waals surface area contributed by atoms with Crippen LogP contribution in [0, 0.1) is 18.6 Å². The predicted molar refractivity (Wildman–Crippen MR) is 97.1 cm³/mol. The molecule has 0 radical (unpaired) electrons. The minimum atomic E-state index is -4.87. The molecular formula is C18H12ClF5N2OS. The molecule has 0 aliphatic carbocycles. The second kappa shape index (κ2) is 7.92. The topological polar surface area (TPSA) is 34.1 Å². The Morgan fingerprint density at radius 1 is 1.14 bits per heavy atom. The number of hydrogen-bond donors (Lipinski definition) is 1. The summed E-state index contributed by atoms with van der Waals surface area (Å²) in [6.07, 6.45) is -3.29. The zero-order chi connectivity index (χ0) is 20.5. The molecular weight excluding hydrogens is 423 g/mol. The van der Waals surface area contributed by atoms with Gasteiger partial charge in [0.25, 0.3) is 0 Å². The number of aryl methyl sites for hydroxylation is 1. The first-order valence-electron chi connectivity index (χ1n) is 7.82. The maximum absolute atomic E-state index is 14.1. The van der Waals surface area contributed by atoms with Gasteiger partial charge in [0.15, 0.2) is 27.6 Å². The monoisotopic (exact) mass is 434 g/mol. The summed E-state index contributed by atoms with van der Waals surface area (Å²) < 4.78 is 71.8. The van der Waals surface area contributed by atoms with Crippen LogP contribution in [0.5, 0.6) is 11.5 Å². The Morgan fingerprint density at radius 3 is 2.39 bits per heavy atom. The highest BCUT2D eigenvalue weighted by Gasteiger charge is 2.33. The number of rotatable bonds is 5. The van der Waals surface area contributed by atoms with Gasteiger partial charge in [0.2, 0.25) is 0 Å². The van der Waals surface area contributed by atoms with Gasteiger partial charge in [-0.3, -0.25) is 0 Å². The SMILES string of the molecule is Cc1ccc(Oc2c(F)cc(C(F)(F)F)cc2F)c(NCc2cnc(Cl)s2)c1. The van der Waals surface area contributed by atoms with E-state index >= 15 is 0 Å². The number of aromatic nitrogens is 1. The third-order valence-corrected chi connectivity index (χ3v) is 4.77. The maximum atomic E-state index is 14.1. The number of anilines is 1. The highest BCUT2D eigenvalue weighted by atomic mass is 35.5. The van der Waals surface area contributed by atoms with Crippen LogP contribution in [-0.2, 0) is 12.7 Å². The first-order valence-corrected chi connectivity index (χ1v) is 9.02. The minimum Gasteiger partial charge on any atom is -0.449 e. The zero-order valence-corrected chi connectivity index (χ0v) is 15.8. The van der Waals surface area contributed by atoms with Crippen molar-refractivity contribution in [1.29, 1.82) is 0 Å². The Balaban J connectivity index is 1.88. The van der Waals surface area contributed by atoms with Gasteiger partial charge < -0.3 is 10.1 Å². The fraction of sp³-hybridized carbons (Fsp3) is 0.167. The van der Waals surface area contributed by atoms with Gasteiger partial charge in [0, 0.05) is 11.1 Å². The molecule has 1 N–H and O–H groups in total. The summed E-state index contributed by atoms with van der Waals surface area (Å²) in [6, 6.07) is 5.17. The lowest BCUT2D eigenvalue weighted by Gasteiger charge is -2.15. The van der Waals surface area contributed by atoms with Gasteiger partial charge in [0.1, 0.15) is 0 Å². The molecule has 0 fully saturated rings. The minimum absolute atomic E-state index is 0.0544. The van der Waals surface area contributed by atoms with E-state index in [0.717, 1.165) is 10.4 Å². The van der Waals surface area contributed by atoms with Crippen LogP contribution in [0.25, 0.3) is 0 Å². The van der Waals surface area contributed by atoms with E-state index in [-0.39, 0.29) is 17.9 Å². The Morgan fingerprint density at radius 2 is 1.82 bits per heavy atom. The van der Waals surface area contributed by atoms with Gasteiger partial charge in [0.05, 0.1) is 17.8 Å². The Kier molecular flexibility index (Phi) is 5.76. The lowest BCUT2D eigenvalue weighted by molar-refractivity contribution is -0.138. The van der Waals surface area contributed by atoms with Gasteiger partial charge in [-0.15, -0.1) is 11.3 Å². The first-order chi connectivity index (χ1) is 13.1. The Labute approximate surface area is 165 Å². The van der Waals surface area contributed by atoms with Crippen LogP contribution in [0.3, 0.4) is 0 Å². The largest absolute Gasteiger partial charge is 0.449 e. The quantitative estimate of drug-likeness (QED) is 0.448. The third-order valence-electron chi connectivity index (χ3n) is 3.65. The number of nitrogens with one attached hydrogen (secondary N) is 1. The smallest absolute Gasteiger partial charge is 0.416 e. The molecule has 3 aromatic rings. The highest BCUT2D eigenvalue weighted by Crippen LogP contribution is 2.37. The fourth-order valence-electron chi connectivity index (χ4n) is 2.35. The van der Waals surface area contributed by atoms with Crippen molar-refractivity contribution in [3.63, 3.8) is 0 Å². The van der Waals surface area contributed by atoms with E-state index in [1.165, 1.54) is 17.4 Å². The van der Waals surface area contributed by atoms with Crippen molar-refractivity contribution in [3.8, 4) is 11.5 Å². The van der Waals surface area contributed by atoms with E-state index in [1.54, 1.807) is 25.3 Å². The lowest BCUT2D eigenvalue weighted by atomic mass is 10.2. The second-order valence-corrected chi connectivity index (χ2v) is 7.50. The molecule has 3 nitrogen and oxygen atoms in total. The Hall–Kier alpha value is -2.39. The molecule has 1 aromatic heterocycles. The number of ether oxygens (including phenoxy) is 1. The number of halogens is 6. The second-order valence-electron chi connectivity index (χ2n) is 5.80. The number of alkyl halides is 3. The normalized spacial score (nSPS) is 11.5. The summed E-state index contributed by atoms with van der Waals surface area (Å²) >= 11 is 7.03. The number of benzene rings is 2. The predicted octanol–water partition coefficient (Wildman–Crippen LogP) is 6.81. The molecule has 0 aliphatic rings. The highest BCUT2D eigenvalue weighted by molar-refractivity contribution is 7.15.